The normalized spacial score (nSPS) is 20.1. The Morgan fingerprint density at radius 3 is 1.88 bits per heavy atom. The Labute approximate surface area is 199 Å². The molecule has 0 bridgehead atoms. The molecule has 5 heteroatoms. The minimum atomic E-state index is -1.43. The van der Waals surface area contributed by atoms with Gasteiger partial charge in [0.1, 0.15) is 0 Å². The van der Waals surface area contributed by atoms with E-state index in [0.29, 0.717) is 22.7 Å². The number of amides is 2. The smallest absolute Gasteiger partial charge is 0.244 e. The van der Waals surface area contributed by atoms with Gasteiger partial charge in [-0.3, -0.25) is 14.4 Å². The van der Waals surface area contributed by atoms with Gasteiger partial charge in [0.2, 0.25) is 11.8 Å². The van der Waals surface area contributed by atoms with Crippen LogP contribution in [0.15, 0.2) is 84.9 Å². The van der Waals surface area contributed by atoms with Crippen LogP contribution in [0, 0.1) is 5.92 Å². The van der Waals surface area contributed by atoms with Crippen LogP contribution in [-0.2, 0) is 19.9 Å². The first-order valence-electron chi connectivity index (χ1n) is 12.0. The quantitative estimate of drug-likeness (QED) is 0.539. The Balaban J connectivity index is 1.40. The van der Waals surface area contributed by atoms with E-state index in [1.807, 2.05) is 60.7 Å². The molecular formula is C29H28N2O3. The van der Waals surface area contributed by atoms with Crippen molar-refractivity contribution in [2.24, 2.45) is 5.92 Å². The summed E-state index contributed by atoms with van der Waals surface area (Å²) < 4.78 is 0. The molecule has 2 N–H and O–H groups in total. The summed E-state index contributed by atoms with van der Waals surface area (Å²) in [5.41, 5.74) is 1.73. The maximum absolute atomic E-state index is 13.8. The van der Waals surface area contributed by atoms with E-state index in [1.165, 1.54) is 37.7 Å². The zero-order chi connectivity index (χ0) is 23.5. The Hall–Kier alpha value is -3.73. The Morgan fingerprint density at radius 2 is 1.32 bits per heavy atom. The van der Waals surface area contributed by atoms with Gasteiger partial charge < -0.3 is 10.6 Å². The van der Waals surface area contributed by atoms with Crippen LogP contribution in [0.2, 0.25) is 0 Å². The van der Waals surface area contributed by atoms with Crippen molar-refractivity contribution in [3.8, 4) is 0 Å². The van der Waals surface area contributed by atoms with Crippen molar-refractivity contribution >= 4 is 23.3 Å². The van der Waals surface area contributed by atoms with E-state index in [1.54, 1.807) is 24.3 Å². The summed E-state index contributed by atoms with van der Waals surface area (Å²) in [7, 11) is 0. The van der Waals surface area contributed by atoms with Crippen molar-refractivity contribution < 1.29 is 14.4 Å². The molecule has 5 rings (SSSR count). The number of anilines is 1. The van der Waals surface area contributed by atoms with Crippen LogP contribution in [0.4, 0.5) is 5.69 Å². The number of ketones is 1. The number of hydrogen-bond acceptors (Lipinski definition) is 3. The van der Waals surface area contributed by atoms with Gasteiger partial charge in [-0.1, -0.05) is 92.1 Å². The van der Waals surface area contributed by atoms with Crippen molar-refractivity contribution in [2.75, 3.05) is 5.32 Å². The molecular weight excluding hydrogens is 424 g/mol. The predicted octanol–water partition coefficient (Wildman–Crippen LogP) is 4.93. The summed E-state index contributed by atoms with van der Waals surface area (Å²) in [6.07, 6.45) is 6.21. The van der Waals surface area contributed by atoms with E-state index in [2.05, 4.69) is 10.6 Å². The van der Waals surface area contributed by atoms with E-state index in [4.69, 9.17) is 0 Å². The molecule has 3 aromatic carbocycles. The molecule has 3 aromatic rings. The molecule has 34 heavy (non-hydrogen) atoms. The first-order valence-corrected chi connectivity index (χ1v) is 12.0. The van der Waals surface area contributed by atoms with Gasteiger partial charge in [-0.25, -0.2) is 0 Å². The van der Waals surface area contributed by atoms with Crippen LogP contribution in [0.3, 0.4) is 0 Å². The number of Topliss-reactive ketones (excluding diaryl/α,β-unsaturated/α-hetero) is 1. The lowest BCUT2D eigenvalue weighted by Gasteiger charge is -2.29. The molecule has 2 aliphatic rings. The van der Waals surface area contributed by atoms with Gasteiger partial charge in [0.15, 0.2) is 17.2 Å². The first kappa shape index (κ1) is 22.1. The molecule has 1 saturated carbocycles. The van der Waals surface area contributed by atoms with Gasteiger partial charge in [0, 0.05) is 5.69 Å². The third kappa shape index (κ3) is 3.92. The molecule has 1 aliphatic heterocycles. The molecule has 1 aliphatic carbocycles. The summed E-state index contributed by atoms with van der Waals surface area (Å²) in [5, 5.41) is 5.66. The fourth-order valence-corrected chi connectivity index (χ4v) is 5.35. The van der Waals surface area contributed by atoms with Crippen LogP contribution < -0.4 is 10.6 Å². The van der Waals surface area contributed by atoms with Crippen molar-refractivity contribution in [1.82, 2.24) is 5.32 Å². The number of hydrogen-bond donors (Lipinski definition) is 2. The van der Waals surface area contributed by atoms with E-state index in [9.17, 15) is 14.4 Å². The number of nitrogens with one attached hydrogen (secondary N) is 2. The van der Waals surface area contributed by atoms with Crippen molar-refractivity contribution in [3.05, 3.63) is 102 Å². The van der Waals surface area contributed by atoms with Gasteiger partial charge in [-0.2, -0.15) is 0 Å². The lowest BCUT2D eigenvalue weighted by molar-refractivity contribution is -0.135. The van der Waals surface area contributed by atoms with Gasteiger partial charge in [0.25, 0.3) is 0 Å². The van der Waals surface area contributed by atoms with Crippen LogP contribution in [0.5, 0.6) is 0 Å². The van der Waals surface area contributed by atoms with Gasteiger partial charge >= 0.3 is 0 Å². The third-order valence-electron chi connectivity index (χ3n) is 7.14. The topological polar surface area (TPSA) is 75.3 Å². The molecule has 2 fully saturated rings. The predicted molar refractivity (Wildman–Crippen MR) is 131 cm³/mol. The number of carbonyl (C=O) groups excluding carboxylic acids is 3. The molecule has 1 heterocycles. The van der Waals surface area contributed by atoms with Gasteiger partial charge in [-0.15, -0.1) is 0 Å². The summed E-state index contributed by atoms with van der Waals surface area (Å²) >= 11 is 0. The summed E-state index contributed by atoms with van der Waals surface area (Å²) in [4.78, 5) is 40.0. The third-order valence-corrected chi connectivity index (χ3v) is 7.14. The number of carbonyl (C=O) groups is 3. The van der Waals surface area contributed by atoms with Crippen molar-refractivity contribution in [1.29, 1.82) is 0 Å². The van der Waals surface area contributed by atoms with E-state index in [0.717, 1.165) is 0 Å². The summed E-state index contributed by atoms with van der Waals surface area (Å²) in [6, 6.07) is 26.0. The molecule has 0 aromatic heterocycles. The highest BCUT2D eigenvalue weighted by Crippen LogP contribution is 2.38. The largest absolute Gasteiger partial charge is 0.335 e. The molecule has 5 nitrogen and oxygen atoms in total. The number of benzene rings is 3. The van der Waals surface area contributed by atoms with E-state index >= 15 is 0 Å². The lowest BCUT2D eigenvalue weighted by Crippen LogP contribution is -2.45. The Morgan fingerprint density at radius 1 is 0.765 bits per heavy atom. The highest BCUT2D eigenvalue weighted by atomic mass is 16.2. The zero-order valence-electron chi connectivity index (χ0n) is 19.0. The second-order valence-corrected chi connectivity index (χ2v) is 9.21. The van der Waals surface area contributed by atoms with Gasteiger partial charge in [-0.05, 0) is 47.6 Å². The molecule has 1 unspecified atom stereocenters. The maximum Gasteiger partial charge on any atom is 0.244 e. The van der Waals surface area contributed by atoms with E-state index in [-0.39, 0.29) is 0 Å². The van der Waals surface area contributed by atoms with Gasteiger partial charge in [0.05, 0.1) is 0 Å². The second kappa shape index (κ2) is 9.26. The SMILES string of the molecule is O=C(Nc1ccc(C2CCCCC2)cc1)C1C(=O)NC(c2ccccc2)(c2ccccc2)C1=O. The van der Waals surface area contributed by atoms with Crippen LogP contribution in [0.1, 0.15) is 54.7 Å². The minimum Gasteiger partial charge on any atom is -0.335 e. The summed E-state index contributed by atoms with van der Waals surface area (Å²) in [5.74, 6) is -2.53. The lowest BCUT2D eigenvalue weighted by atomic mass is 9.78. The molecule has 172 valence electrons. The molecule has 0 radical (unpaired) electrons. The monoisotopic (exact) mass is 452 g/mol. The average Bonchev–Trinajstić information content (AvgIpc) is 3.17. The fraction of sp³-hybridized carbons (Fsp3) is 0.276. The van der Waals surface area contributed by atoms with Crippen LogP contribution in [0.25, 0.3) is 0 Å². The standard InChI is InChI=1S/C29H28N2O3/c32-26-25(27(33)30-24-18-16-21(17-19-24)20-10-4-1-5-11-20)28(34)31-29(26,22-12-6-2-7-13-22)23-14-8-3-9-15-23/h2-3,6-9,12-20,25H,1,4-5,10-11H2,(H,30,33)(H,31,34). The molecule has 1 saturated heterocycles. The molecule has 1 atom stereocenters. The second-order valence-electron chi connectivity index (χ2n) is 9.21. The highest BCUT2D eigenvalue weighted by Gasteiger charge is 2.57. The van der Waals surface area contributed by atoms with E-state index < -0.39 is 29.1 Å². The Kier molecular flexibility index (Phi) is 6.01. The minimum absolute atomic E-state index is 0.466. The van der Waals surface area contributed by atoms with Crippen molar-refractivity contribution in [2.45, 2.75) is 43.6 Å². The zero-order valence-corrected chi connectivity index (χ0v) is 19.0. The Bertz CT molecular complexity index is 1140. The maximum atomic E-state index is 13.8. The van der Waals surface area contributed by atoms with Crippen molar-refractivity contribution in [3.63, 3.8) is 0 Å². The number of rotatable bonds is 5. The highest BCUT2D eigenvalue weighted by molar-refractivity contribution is 6.28. The molecule has 0 spiro atoms. The van der Waals surface area contributed by atoms with Crippen LogP contribution >= 0.6 is 0 Å². The average molecular weight is 453 g/mol. The fourth-order valence-electron chi connectivity index (χ4n) is 5.35. The summed E-state index contributed by atoms with van der Waals surface area (Å²) in [6.45, 7) is 0. The molecule has 2 amide bonds. The van der Waals surface area contributed by atoms with Crippen LogP contribution in [-0.4, -0.2) is 17.6 Å². The first-order chi connectivity index (χ1) is 16.6.